The van der Waals surface area contributed by atoms with E-state index in [9.17, 15) is 4.79 Å². The Morgan fingerprint density at radius 1 is 1.50 bits per heavy atom. The van der Waals surface area contributed by atoms with Crippen molar-refractivity contribution in [2.24, 2.45) is 10.5 Å². The molecule has 1 rings (SSSR count). The molecule has 0 spiro atoms. The van der Waals surface area contributed by atoms with Gasteiger partial charge in [0.15, 0.2) is 0 Å². The molecule has 1 heterocycles. The van der Waals surface area contributed by atoms with Gasteiger partial charge in [0.1, 0.15) is 6.10 Å². The van der Waals surface area contributed by atoms with E-state index >= 15 is 0 Å². The van der Waals surface area contributed by atoms with Crippen molar-refractivity contribution in [1.82, 2.24) is 0 Å². The predicted molar refractivity (Wildman–Crippen MR) is 60.8 cm³/mol. The third-order valence-electron chi connectivity index (χ3n) is 3.26. The first-order chi connectivity index (χ1) is 7.68. The summed E-state index contributed by atoms with van der Waals surface area (Å²) in [6.07, 6.45) is 4.19. The summed E-state index contributed by atoms with van der Waals surface area (Å²) in [7, 11) is 0. The van der Waals surface area contributed by atoms with Gasteiger partial charge >= 0.3 is 5.97 Å². The van der Waals surface area contributed by atoms with Crippen LogP contribution in [-0.2, 0) is 9.53 Å². The Morgan fingerprint density at radius 2 is 2.12 bits per heavy atom. The number of azide groups is 1. The van der Waals surface area contributed by atoms with Crippen molar-refractivity contribution in [3.8, 4) is 0 Å². The highest BCUT2D eigenvalue weighted by Crippen LogP contribution is 2.44. The van der Waals surface area contributed by atoms with E-state index in [1.165, 1.54) is 0 Å². The van der Waals surface area contributed by atoms with E-state index in [4.69, 9.17) is 10.3 Å². The minimum absolute atomic E-state index is 0.102. The second kappa shape index (κ2) is 5.75. The van der Waals surface area contributed by atoms with Gasteiger partial charge < -0.3 is 4.74 Å². The van der Waals surface area contributed by atoms with Crippen LogP contribution in [0, 0.1) is 5.41 Å². The van der Waals surface area contributed by atoms with E-state index in [1.54, 1.807) is 0 Å². The monoisotopic (exact) mass is 225 g/mol. The summed E-state index contributed by atoms with van der Waals surface area (Å²) in [5.41, 5.74) is 8.24. The van der Waals surface area contributed by atoms with Crippen LogP contribution in [0.2, 0.25) is 0 Å². The molecule has 0 aromatic carbocycles. The minimum atomic E-state index is -0.226. The molecular weight excluding hydrogens is 206 g/mol. The lowest BCUT2D eigenvalue weighted by Gasteiger charge is -2.31. The molecule has 0 amide bonds. The van der Waals surface area contributed by atoms with Gasteiger partial charge in [-0.1, -0.05) is 31.8 Å². The molecule has 0 aliphatic carbocycles. The number of rotatable bonds is 6. The standard InChI is InChI=1S/C11H19N3O2/c1-3-5-11(6-4-2)7-10(15)16-9(11)8-13-14-12/h9H,3-8H2,1-2H3. The zero-order valence-corrected chi connectivity index (χ0v) is 9.98. The Kier molecular flexibility index (Phi) is 4.62. The predicted octanol–water partition coefficient (Wildman–Crippen LogP) is 3.20. The van der Waals surface area contributed by atoms with Crippen molar-refractivity contribution in [3.05, 3.63) is 10.4 Å². The van der Waals surface area contributed by atoms with Gasteiger partial charge in [-0.05, 0) is 18.4 Å². The van der Waals surface area contributed by atoms with E-state index in [1.807, 2.05) is 0 Å². The van der Waals surface area contributed by atoms with Crippen molar-refractivity contribution < 1.29 is 9.53 Å². The first-order valence-corrected chi connectivity index (χ1v) is 5.89. The Labute approximate surface area is 95.8 Å². The van der Waals surface area contributed by atoms with Gasteiger partial charge in [-0.2, -0.15) is 0 Å². The van der Waals surface area contributed by atoms with Gasteiger partial charge in [0, 0.05) is 10.3 Å². The van der Waals surface area contributed by atoms with E-state index in [0.717, 1.165) is 25.7 Å². The number of hydrogen-bond donors (Lipinski definition) is 0. The summed E-state index contributed by atoms with van der Waals surface area (Å²) in [4.78, 5) is 14.2. The molecule has 1 aliphatic heterocycles. The molecule has 1 aliphatic rings. The third-order valence-corrected chi connectivity index (χ3v) is 3.26. The van der Waals surface area contributed by atoms with E-state index in [0.29, 0.717) is 6.42 Å². The van der Waals surface area contributed by atoms with Crippen molar-refractivity contribution >= 4 is 5.97 Å². The second-order valence-corrected chi connectivity index (χ2v) is 4.43. The van der Waals surface area contributed by atoms with Crippen LogP contribution in [0.3, 0.4) is 0 Å². The Bertz CT molecular complexity index is 292. The molecule has 0 aromatic heterocycles. The van der Waals surface area contributed by atoms with Crippen LogP contribution in [-0.4, -0.2) is 18.6 Å². The molecule has 0 bridgehead atoms. The number of ether oxygens (including phenoxy) is 1. The smallest absolute Gasteiger partial charge is 0.306 e. The molecule has 1 unspecified atom stereocenters. The highest BCUT2D eigenvalue weighted by Gasteiger charge is 2.46. The molecule has 5 heteroatoms. The minimum Gasteiger partial charge on any atom is -0.462 e. The van der Waals surface area contributed by atoms with Gasteiger partial charge in [0.25, 0.3) is 0 Å². The summed E-state index contributed by atoms with van der Waals surface area (Å²) >= 11 is 0. The molecule has 16 heavy (non-hydrogen) atoms. The SMILES string of the molecule is CCCC1(CCC)CC(=O)OC1CN=[N+]=[N-]. The van der Waals surface area contributed by atoms with Crippen molar-refractivity contribution in [3.63, 3.8) is 0 Å². The molecule has 0 saturated carbocycles. The number of hydrogen-bond acceptors (Lipinski definition) is 3. The maximum absolute atomic E-state index is 11.4. The summed E-state index contributed by atoms with van der Waals surface area (Å²) in [6, 6.07) is 0. The Hall–Kier alpha value is -1.22. The second-order valence-electron chi connectivity index (χ2n) is 4.43. The molecule has 0 aromatic rings. The maximum atomic E-state index is 11.4. The molecular formula is C11H19N3O2. The van der Waals surface area contributed by atoms with Crippen LogP contribution >= 0.6 is 0 Å². The fraction of sp³-hybridized carbons (Fsp3) is 0.909. The first-order valence-electron chi connectivity index (χ1n) is 5.89. The van der Waals surface area contributed by atoms with Gasteiger partial charge in [0.2, 0.25) is 0 Å². The van der Waals surface area contributed by atoms with Crippen molar-refractivity contribution in [2.75, 3.05) is 6.54 Å². The molecule has 90 valence electrons. The average Bonchev–Trinajstić information content (AvgIpc) is 2.53. The van der Waals surface area contributed by atoms with Crippen molar-refractivity contribution in [1.29, 1.82) is 0 Å². The quantitative estimate of drug-likeness (QED) is 0.301. The largest absolute Gasteiger partial charge is 0.462 e. The van der Waals surface area contributed by atoms with Crippen LogP contribution in [0.25, 0.3) is 10.4 Å². The highest BCUT2D eigenvalue weighted by atomic mass is 16.6. The van der Waals surface area contributed by atoms with Gasteiger partial charge in [-0.3, -0.25) is 4.79 Å². The number of carbonyl (C=O) groups excluding carboxylic acids is 1. The lowest BCUT2D eigenvalue weighted by Crippen LogP contribution is -2.33. The summed E-state index contributed by atoms with van der Waals surface area (Å²) < 4.78 is 5.28. The third kappa shape index (κ3) is 2.67. The van der Waals surface area contributed by atoms with Gasteiger partial charge in [-0.25, -0.2) is 0 Å². The molecule has 0 N–H and O–H groups in total. The molecule has 1 atom stereocenters. The van der Waals surface area contributed by atoms with Gasteiger partial charge in [0.05, 0.1) is 13.0 Å². The summed E-state index contributed by atoms with van der Waals surface area (Å²) in [6.45, 7) is 4.47. The van der Waals surface area contributed by atoms with Crippen LogP contribution in [0.4, 0.5) is 0 Å². The van der Waals surface area contributed by atoms with Crippen LogP contribution in [0.15, 0.2) is 5.11 Å². The van der Waals surface area contributed by atoms with E-state index in [2.05, 4.69) is 23.9 Å². The first kappa shape index (κ1) is 12.8. The van der Waals surface area contributed by atoms with Gasteiger partial charge in [-0.15, -0.1) is 0 Å². The molecule has 5 nitrogen and oxygen atoms in total. The van der Waals surface area contributed by atoms with Crippen LogP contribution in [0.1, 0.15) is 46.0 Å². The fourth-order valence-electron chi connectivity index (χ4n) is 2.69. The number of nitrogens with zero attached hydrogens (tertiary/aromatic N) is 3. The molecule has 0 radical (unpaired) electrons. The lowest BCUT2D eigenvalue weighted by molar-refractivity contribution is -0.141. The van der Waals surface area contributed by atoms with Crippen molar-refractivity contribution in [2.45, 2.75) is 52.1 Å². The topological polar surface area (TPSA) is 75.1 Å². The summed E-state index contributed by atoms with van der Waals surface area (Å²) in [5.74, 6) is -0.153. The van der Waals surface area contributed by atoms with E-state index in [-0.39, 0.29) is 24.0 Å². The summed E-state index contributed by atoms with van der Waals surface area (Å²) in [5, 5.41) is 3.55. The van der Waals surface area contributed by atoms with Crippen LogP contribution < -0.4 is 0 Å². The van der Waals surface area contributed by atoms with E-state index < -0.39 is 0 Å². The number of esters is 1. The zero-order valence-electron chi connectivity index (χ0n) is 9.98. The number of cyclic esters (lactones) is 1. The Balaban J connectivity index is 2.83. The van der Waals surface area contributed by atoms with Crippen LogP contribution in [0.5, 0.6) is 0 Å². The fourth-order valence-corrected chi connectivity index (χ4v) is 2.69. The lowest BCUT2D eigenvalue weighted by atomic mass is 9.73. The highest BCUT2D eigenvalue weighted by molar-refractivity contribution is 5.73. The normalized spacial score (nSPS) is 22.6. The maximum Gasteiger partial charge on any atom is 0.306 e. The molecule has 1 saturated heterocycles. The average molecular weight is 225 g/mol. The Morgan fingerprint density at radius 3 is 2.62 bits per heavy atom. The number of carbonyl (C=O) groups is 1. The zero-order chi connectivity index (χ0) is 12.0. The molecule has 1 fully saturated rings.